The number of nitrogens with one attached hydrogen (secondary N) is 1. The maximum absolute atomic E-state index is 8.54. The standard InChI is InChI=1S/C11H24N2O2/c1-10-4-3-5-11(2)13(10)12-6-8-15-9-7-14/h10-12,14H,3-9H2,1-2H3. The summed E-state index contributed by atoms with van der Waals surface area (Å²) in [5.74, 6) is 0. The number of aliphatic hydroxyl groups is 1. The van der Waals surface area contributed by atoms with Crippen LogP contribution in [0, 0.1) is 0 Å². The van der Waals surface area contributed by atoms with Gasteiger partial charge in [-0.15, -0.1) is 0 Å². The van der Waals surface area contributed by atoms with Crippen LogP contribution in [-0.4, -0.2) is 48.6 Å². The molecular weight excluding hydrogens is 192 g/mol. The lowest BCUT2D eigenvalue weighted by atomic mass is 10.00. The van der Waals surface area contributed by atoms with Gasteiger partial charge < -0.3 is 9.84 Å². The van der Waals surface area contributed by atoms with Gasteiger partial charge in [-0.2, -0.15) is 0 Å². The smallest absolute Gasteiger partial charge is 0.0698 e. The van der Waals surface area contributed by atoms with Gasteiger partial charge in [-0.25, -0.2) is 5.01 Å². The highest BCUT2D eigenvalue weighted by Gasteiger charge is 2.23. The van der Waals surface area contributed by atoms with E-state index in [0.29, 0.717) is 25.3 Å². The first-order chi connectivity index (χ1) is 7.25. The number of hydrogen-bond acceptors (Lipinski definition) is 4. The van der Waals surface area contributed by atoms with Crippen LogP contribution in [0.5, 0.6) is 0 Å². The summed E-state index contributed by atoms with van der Waals surface area (Å²) in [6, 6.07) is 1.23. The van der Waals surface area contributed by atoms with Crippen LogP contribution < -0.4 is 5.43 Å². The predicted molar refractivity (Wildman–Crippen MR) is 60.5 cm³/mol. The third kappa shape index (κ3) is 4.47. The summed E-state index contributed by atoms with van der Waals surface area (Å²) < 4.78 is 5.21. The van der Waals surface area contributed by atoms with Crippen LogP contribution in [0.3, 0.4) is 0 Å². The van der Waals surface area contributed by atoms with Crippen molar-refractivity contribution >= 4 is 0 Å². The number of ether oxygens (including phenoxy) is 1. The number of aliphatic hydroxyl groups excluding tert-OH is 1. The minimum atomic E-state index is 0.108. The molecule has 1 saturated heterocycles. The number of rotatable bonds is 6. The molecule has 2 atom stereocenters. The lowest BCUT2D eigenvalue weighted by Crippen LogP contribution is -2.52. The average molecular weight is 216 g/mol. The Labute approximate surface area is 92.6 Å². The van der Waals surface area contributed by atoms with Crippen LogP contribution in [-0.2, 0) is 4.74 Å². The van der Waals surface area contributed by atoms with Crippen LogP contribution in [0.2, 0.25) is 0 Å². The van der Waals surface area contributed by atoms with Gasteiger partial charge in [-0.1, -0.05) is 6.42 Å². The molecule has 0 radical (unpaired) electrons. The van der Waals surface area contributed by atoms with E-state index in [1.165, 1.54) is 19.3 Å². The van der Waals surface area contributed by atoms with Crippen molar-refractivity contribution in [1.82, 2.24) is 10.4 Å². The van der Waals surface area contributed by atoms with Crippen molar-refractivity contribution in [2.75, 3.05) is 26.4 Å². The van der Waals surface area contributed by atoms with E-state index < -0.39 is 0 Å². The summed E-state index contributed by atoms with van der Waals surface area (Å²) in [6.45, 7) is 6.56. The first-order valence-corrected chi connectivity index (χ1v) is 5.96. The van der Waals surface area contributed by atoms with Gasteiger partial charge >= 0.3 is 0 Å². The second-order valence-electron chi connectivity index (χ2n) is 4.28. The van der Waals surface area contributed by atoms with Gasteiger partial charge in [-0.3, -0.25) is 5.43 Å². The van der Waals surface area contributed by atoms with Gasteiger partial charge in [0.25, 0.3) is 0 Å². The summed E-state index contributed by atoms with van der Waals surface area (Å²) >= 11 is 0. The second kappa shape index (κ2) is 7.17. The lowest BCUT2D eigenvalue weighted by molar-refractivity contribution is 0.0262. The first-order valence-electron chi connectivity index (χ1n) is 5.96. The molecule has 1 heterocycles. The molecule has 4 heteroatoms. The fraction of sp³-hybridized carbons (Fsp3) is 1.00. The molecule has 0 spiro atoms. The molecule has 0 aromatic carbocycles. The summed E-state index contributed by atoms with van der Waals surface area (Å²) in [6.07, 6.45) is 3.88. The Kier molecular flexibility index (Phi) is 6.17. The third-order valence-electron chi connectivity index (χ3n) is 2.97. The molecule has 1 aliphatic rings. The maximum atomic E-state index is 8.54. The zero-order valence-electron chi connectivity index (χ0n) is 9.91. The van der Waals surface area contributed by atoms with E-state index in [2.05, 4.69) is 24.3 Å². The van der Waals surface area contributed by atoms with Crippen molar-refractivity contribution in [2.45, 2.75) is 45.2 Å². The summed E-state index contributed by atoms with van der Waals surface area (Å²) in [5, 5.41) is 10.9. The van der Waals surface area contributed by atoms with Crippen molar-refractivity contribution in [3.8, 4) is 0 Å². The maximum Gasteiger partial charge on any atom is 0.0698 e. The number of hydrogen-bond donors (Lipinski definition) is 2. The minimum Gasteiger partial charge on any atom is -0.394 e. The van der Waals surface area contributed by atoms with Gasteiger partial charge in [0.05, 0.1) is 19.8 Å². The van der Waals surface area contributed by atoms with Gasteiger partial charge in [-0.05, 0) is 26.7 Å². The molecule has 0 aliphatic carbocycles. The Balaban J connectivity index is 2.12. The molecule has 15 heavy (non-hydrogen) atoms. The third-order valence-corrected chi connectivity index (χ3v) is 2.97. The SMILES string of the molecule is CC1CCCC(C)N1NCCOCCO. The number of nitrogens with zero attached hydrogens (tertiary/aromatic N) is 1. The molecule has 0 saturated carbocycles. The van der Waals surface area contributed by atoms with E-state index in [-0.39, 0.29) is 6.61 Å². The van der Waals surface area contributed by atoms with Crippen molar-refractivity contribution in [3.63, 3.8) is 0 Å². The Morgan fingerprint density at radius 3 is 2.53 bits per heavy atom. The molecule has 1 aliphatic heterocycles. The monoisotopic (exact) mass is 216 g/mol. The zero-order chi connectivity index (χ0) is 11.1. The summed E-state index contributed by atoms with van der Waals surface area (Å²) in [5.41, 5.74) is 3.41. The van der Waals surface area contributed by atoms with Gasteiger partial charge in [0, 0.05) is 18.6 Å². The molecule has 1 fully saturated rings. The van der Waals surface area contributed by atoms with Crippen molar-refractivity contribution in [3.05, 3.63) is 0 Å². The summed E-state index contributed by atoms with van der Waals surface area (Å²) in [4.78, 5) is 0. The highest BCUT2D eigenvalue weighted by atomic mass is 16.5. The molecule has 0 bridgehead atoms. The van der Waals surface area contributed by atoms with Crippen LogP contribution in [0.1, 0.15) is 33.1 Å². The van der Waals surface area contributed by atoms with Crippen molar-refractivity contribution in [1.29, 1.82) is 0 Å². The van der Waals surface area contributed by atoms with E-state index in [1.807, 2.05) is 0 Å². The van der Waals surface area contributed by atoms with Crippen LogP contribution in [0.25, 0.3) is 0 Å². The van der Waals surface area contributed by atoms with Crippen molar-refractivity contribution in [2.24, 2.45) is 0 Å². The highest BCUT2D eigenvalue weighted by molar-refractivity contribution is 4.76. The number of hydrazine groups is 1. The normalized spacial score (nSPS) is 28.2. The zero-order valence-corrected chi connectivity index (χ0v) is 9.91. The molecule has 2 N–H and O–H groups in total. The fourth-order valence-corrected chi connectivity index (χ4v) is 2.15. The fourth-order valence-electron chi connectivity index (χ4n) is 2.15. The largest absolute Gasteiger partial charge is 0.394 e. The van der Waals surface area contributed by atoms with E-state index in [1.54, 1.807) is 0 Å². The molecule has 0 amide bonds. The topological polar surface area (TPSA) is 44.7 Å². The molecule has 1 rings (SSSR count). The molecule has 0 aromatic rings. The van der Waals surface area contributed by atoms with E-state index in [4.69, 9.17) is 9.84 Å². The Bertz CT molecular complexity index is 157. The number of piperidine rings is 1. The van der Waals surface area contributed by atoms with Gasteiger partial charge in [0.1, 0.15) is 0 Å². The first kappa shape index (κ1) is 12.9. The predicted octanol–water partition coefficient (Wildman–Crippen LogP) is 0.763. The molecule has 4 nitrogen and oxygen atoms in total. The van der Waals surface area contributed by atoms with E-state index >= 15 is 0 Å². The Morgan fingerprint density at radius 2 is 1.93 bits per heavy atom. The highest BCUT2D eigenvalue weighted by Crippen LogP contribution is 2.19. The van der Waals surface area contributed by atoms with Crippen LogP contribution >= 0.6 is 0 Å². The van der Waals surface area contributed by atoms with E-state index in [9.17, 15) is 0 Å². The van der Waals surface area contributed by atoms with Crippen molar-refractivity contribution < 1.29 is 9.84 Å². The Hall–Kier alpha value is -0.160. The quantitative estimate of drug-likeness (QED) is 0.644. The summed E-state index contributed by atoms with van der Waals surface area (Å²) in [7, 11) is 0. The average Bonchev–Trinajstić information content (AvgIpc) is 2.21. The molecular formula is C11H24N2O2. The van der Waals surface area contributed by atoms with E-state index in [0.717, 1.165) is 6.54 Å². The van der Waals surface area contributed by atoms with Gasteiger partial charge in [0.15, 0.2) is 0 Å². The lowest BCUT2D eigenvalue weighted by Gasteiger charge is -2.39. The van der Waals surface area contributed by atoms with Gasteiger partial charge in [0.2, 0.25) is 0 Å². The van der Waals surface area contributed by atoms with Crippen LogP contribution in [0.4, 0.5) is 0 Å². The molecule has 0 aromatic heterocycles. The van der Waals surface area contributed by atoms with Crippen LogP contribution in [0.15, 0.2) is 0 Å². The Morgan fingerprint density at radius 1 is 1.27 bits per heavy atom. The molecule has 2 unspecified atom stereocenters. The minimum absolute atomic E-state index is 0.108. The second-order valence-corrected chi connectivity index (χ2v) is 4.28. The molecule has 90 valence electrons.